The average Bonchev–Trinajstić information content (AvgIpc) is 2.62. The molecule has 5 nitrogen and oxygen atoms in total. The predicted octanol–water partition coefficient (Wildman–Crippen LogP) is 1.85. The Balaban J connectivity index is 1.82. The van der Waals surface area contributed by atoms with E-state index in [9.17, 15) is 14.0 Å². The van der Waals surface area contributed by atoms with Crippen LogP contribution >= 0.6 is 0 Å². The summed E-state index contributed by atoms with van der Waals surface area (Å²) < 4.78 is 13.6. The van der Waals surface area contributed by atoms with Gasteiger partial charge in [0.2, 0.25) is 11.8 Å². The lowest BCUT2D eigenvalue weighted by molar-refractivity contribution is -0.133. The Bertz CT molecular complexity index is 621. The fourth-order valence-corrected chi connectivity index (χ4v) is 2.87. The first-order valence-corrected chi connectivity index (χ1v) is 8.76. The summed E-state index contributed by atoms with van der Waals surface area (Å²) in [6.45, 7) is 8.27. The van der Waals surface area contributed by atoms with E-state index in [1.165, 1.54) is 18.2 Å². The molecule has 1 aromatic carbocycles. The van der Waals surface area contributed by atoms with Crippen molar-refractivity contribution in [2.45, 2.75) is 13.8 Å². The van der Waals surface area contributed by atoms with E-state index in [0.717, 1.165) is 0 Å². The molecule has 0 aliphatic carbocycles. The number of piperazine rings is 1. The van der Waals surface area contributed by atoms with Crippen molar-refractivity contribution in [3.05, 3.63) is 41.7 Å². The van der Waals surface area contributed by atoms with Crippen molar-refractivity contribution in [1.29, 1.82) is 0 Å². The quantitative estimate of drug-likeness (QED) is 0.738. The first kappa shape index (κ1) is 19.1. The minimum Gasteiger partial charge on any atom is -0.342 e. The largest absolute Gasteiger partial charge is 0.342 e. The fraction of sp³-hybridized carbons (Fsp3) is 0.474. The maximum atomic E-state index is 13.6. The molecule has 0 N–H and O–H groups in total. The third-order valence-corrected chi connectivity index (χ3v) is 4.47. The van der Waals surface area contributed by atoms with Crippen LogP contribution in [-0.2, 0) is 9.59 Å². The maximum Gasteiger partial charge on any atom is 0.246 e. The van der Waals surface area contributed by atoms with Gasteiger partial charge in [-0.05, 0) is 26.0 Å². The van der Waals surface area contributed by atoms with Crippen LogP contribution in [0.5, 0.6) is 0 Å². The third-order valence-electron chi connectivity index (χ3n) is 4.47. The number of hydrogen-bond acceptors (Lipinski definition) is 3. The highest BCUT2D eigenvalue weighted by molar-refractivity contribution is 5.91. The number of likely N-dealkylation sites (N-methyl/N-ethyl adjacent to an activating group) is 1. The van der Waals surface area contributed by atoms with E-state index in [2.05, 4.69) is 4.90 Å². The Hall–Kier alpha value is -2.21. The van der Waals surface area contributed by atoms with E-state index in [0.29, 0.717) is 51.4 Å². The summed E-state index contributed by atoms with van der Waals surface area (Å²) in [5.41, 5.74) is 0.402. The van der Waals surface area contributed by atoms with Crippen LogP contribution in [0.15, 0.2) is 30.3 Å². The van der Waals surface area contributed by atoms with Crippen molar-refractivity contribution >= 4 is 17.9 Å². The summed E-state index contributed by atoms with van der Waals surface area (Å²) in [4.78, 5) is 30.0. The molecule has 2 rings (SSSR count). The molecule has 0 aromatic heterocycles. The van der Waals surface area contributed by atoms with Gasteiger partial charge in [-0.3, -0.25) is 14.5 Å². The second-order valence-corrected chi connectivity index (χ2v) is 6.02. The van der Waals surface area contributed by atoms with Gasteiger partial charge in [0, 0.05) is 50.9 Å². The van der Waals surface area contributed by atoms with Crippen molar-refractivity contribution in [1.82, 2.24) is 14.7 Å². The monoisotopic (exact) mass is 347 g/mol. The maximum absolute atomic E-state index is 13.6. The van der Waals surface area contributed by atoms with Gasteiger partial charge in [0.25, 0.3) is 0 Å². The molecule has 1 saturated heterocycles. The smallest absolute Gasteiger partial charge is 0.246 e. The molecule has 0 radical (unpaired) electrons. The Morgan fingerprint density at radius 3 is 2.36 bits per heavy atom. The van der Waals surface area contributed by atoms with E-state index >= 15 is 0 Å². The number of hydrogen-bond donors (Lipinski definition) is 0. The van der Waals surface area contributed by atoms with Gasteiger partial charge in [-0.25, -0.2) is 4.39 Å². The molecule has 0 unspecified atom stereocenters. The van der Waals surface area contributed by atoms with E-state index in [1.54, 1.807) is 23.1 Å². The zero-order valence-corrected chi connectivity index (χ0v) is 14.9. The van der Waals surface area contributed by atoms with Crippen LogP contribution in [0, 0.1) is 5.82 Å². The van der Waals surface area contributed by atoms with Crippen molar-refractivity contribution in [3.63, 3.8) is 0 Å². The second kappa shape index (κ2) is 9.32. The second-order valence-electron chi connectivity index (χ2n) is 6.02. The first-order valence-electron chi connectivity index (χ1n) is 8.76. The van der Waals surface area contributed by atoms with Crippen molar-refractivity contribution in [2.75, 3.05) is 45.8 Å². The van der Waals surface area contributed by atoms with Gasteiger partial charge >= 0.3 is 0 Å². The number of halogens is 1. The van der Waals surface area contributed by atoms with Crippen LogP contribution in [-0.4, -0.2) is 72.3 Å². The summed E-state index contributed by atoms with van der Waals surface area (Å²) in [6, 6.07) is 6.36. The SMILES string of the molecule is CCN(CC)C(=O)CN1CCN(C(=O)/C=C/c2ccccc2F)CC1. The third kappa shape index (κ3) is 5.39. The molecule has 2 amide bonds. The van der Waals surface area contributed by atoms with E-state index < -0.39 is 0 Å². The molecule has 6 heteroatoms. The van der Waals surface area contributed by atoms with Crippen LogP contribution in [0.3, 0.4) is 0 Å². The van der Waals surface area contributed by atoms with E-state index in [1.807, 2.05) is 18.7 Å². The van der Waals surface area contributed by atoms with Crippen LogP contribution in [0.1, 0.15) is 19.4 Å². The van der Waals surface area contributed by atoms with Gasteiger partial charge in [0.05, 0.1) is 6.54 Å². The highest BCUT2D eigenvalue weighted by atomic mass is 19.1. The van der Waals surface area contributed by atoms with Gasteiger partial charge < -0.3 is 9.80 Å². The molecule has 1 aromatic rings. The van der Waals surface area contributed by atoms with Gasteiger partial charge in [0.1, 0.15) is 5.82 Å². The molecule has 0 atom stereocenters. The zero-order valence-electron chi connectivity index (χ0n) is 14.9. The topological polar surface area (TPSA) is 43.9 Å². The molecule has 25 heavy (non-hydrogen) atoms. The van der Waals surface area contributed by atoms with E-state index in [4.69, 9.17) is 0 Å². The van der Waals surface area contributed by atoms with E-state index in [-0.39, 0.29) is 17.6 Å². The molecule has 0 spiro atoms. The number of benzene rings is 1. The summed E-state index contributed by atoms with van der Waals surface area (Å²) in [6.07, 6.45) is 2.92. The van der Waals surface area contributed by atoms with Gasteiger partial charge in [0.15, 0.2) is 0 Å². The Morgan fingerprint density at radius 2 is 1.76 bits per heavy atom. The molecular formula is C19H26FN3O2. The number of carbonyl (C=O) groups is 2. The molecule has 0 bridgehead atoms. The van der Waals surface area contributed by atoms with Gasteiger partial charge in [-0.15, -0.1) is 0 Å². The standard InChI is InChI=1S/C19H26FN3O2/c1-3-22(4-2)19(25)15-21-11-13-23(14-12-21)18(24)10-9-16-7-5-6-8-17(16)20/h5-10H,3-4,11-15H2,1-2H3/b10-9+. The average molecular weight is 347 g/mol. The summed E-state index contributed by atoms with van der Waals surface area (Å²) >= 11 is 0. The Morgan fingerprint density at radius 1 is 1.12 bits per heavy atom. The molecule has 1 fully saturated rings. The minimum atomic E-state index is -0.341. The van der Waals surface area contributed by atoms with Crippen molar-refractivity contribution in [2.24, 2.45) is 0 Å². The zero-order chi connectivity index (χ0) is 18.2. The lowest BCUT2D eigenvalue weighted by atomic mass is 10.2. The lowest BCUT2D eigenvalue weighted by Gasteiger charge is -2.34. The van der Waals surface area contributed by atoms with Gasteiger partial charge in [-0.1, -0.05) is 18.2 Å². The molecule has 1 heterocycles. The van der Waals surface area contributed by atoms with Crippen molar-refractivity contribution in [3.8, 4) is 0 Å². The van der Waals surface area contributed by atoms with Crippen LogP contribution < -0.4 is 0 Å². The van der Waals surface area contributed by atoms with Crippen LogP contribution in [0.25, 0.3) is 6.08 Å². The predicted molar refractivity (Wildman–Crippen MR) is 96.4 cm³/mol. The summed E-state index contributed by atoms with van der Waals surface area (Å²) in [7, 11) is 0. The van der Waals surface area contributed by atoms with Gasteiger partial charge in [-0.2, -0.15) is 0 Å². The number of nitrogens with zero attached hydrogens (tertiary/aromatic N) is 3. The number of carbonyl (C=O) groups excluding carboxylic acids is 2. The molecular weight excluding hydrogens is 321 g/mol. The number of rotatable bonds is 6. The minimum absolute atomic E-state index is 0.127. The lowest BCUT2D eigenvalue weighted by Crippen LogP contribution is -2.51. The van der Waals surface area contributed by atoms with Crippen molar-refractivity contribution < 1.29 is 14.0 Å². The number of amides is 2. The van der Waals surface area contributed by atoms with Crippen LogP contribution in [0.2, 0.25) is 0 Å². The highest BCUT2D eigenvalue weighted by Gasteiger charge is 2.22. The molecule has 136 valence electrons. The first-order chi connectivity index (χ1) is 12.0. The molecule has 0 saturated carbocycles. The Labute approximate surface area is 148 Å². The molecule has 1 aliphatic heterocycles. The molecule has 1 aliphatic rings. The highest BCUT2D eigenvalue weighted by Crippen LogP contribution is 2.09. The Kier molecular flexibility index (Phi) is 7.13. The fourth-order valence-electron chi connectivity index (χ4n) is 2.87. The van der Waals surface area contributed by atoms with Crippen LogP contribution in [0.4, 0.5) is 4.39 Å². The normalized spacial score (nSPS) is 15.6. The summed E-state index contributed by atoms with van der Waals surface area (Å²) in [5, 5.41) is 0. The summed E-state index contributed by atoms with van der Waals surface area (Å²) in [5.74, 6) is -0.339.